The number of halogens is 1. The quantitative estimate of drug-likeness (QED) is 0.248. The Kier molecular flexibility index (Phi) is 13.4. The van der Waals surface area contributed by atoms with Gasteiger partial charge in [-0.15, -0.1) is 24.0 Å². The summed E-state index contributed by atoms with van der Waals surface area (Å²) in [5.74, 6) is 2.49. The van der Waals surface area contributed by atoms with Gasteiger partial charge in [-0.3, -0.25) is 4.99 Å². The van der Waals surface area contributed by atoms with Crippen molar-refractivity contribution in [2.24, 2.45) is 4.99 Å². The highest BCUT2D eigenvalue weighted by Crippen LogP contribution is 2.16. The molecular formula is C17H31IN4O2. The van der Waals surface area contributed by atoms with E-state index in [-0.39, 0.29) is 24.0 Å². The Morgan fingerprint density at radius 2 is 1.79 bits per heavy atom. The lowest BCUT2D eigenvalue weighted by molar-refractivity contribution is 0.321. The van der Waals surface area contributed by atoms with Crippen LogP contribution in [0.25, 0.3) is 0 Å². The van der Waals surface area contributed by atoms with E-state index in [1.807, 2.05) is 24.3 Å². The largest absolute Gasteiger partial charge is 0.497 e. The van der Waals surface area contributed by atoms with E-state index < -0.39 is 0 Å². The summed E-state index contributed by atoms with van der Waals surface area (Å²) in [6.45, 7) is 9.08. The number of hydrogen-bond donors (Lipinski definition) is 2. The van der Waals surface area contributed by atoms with Gasteiger partial charge in [-0.2, -0.15) is 0 Å². The first-order valence-corrected chi connectivity index (χ1v) is 8.17. The van der Waals surface area contributed by atoms with Gasteiger partial charge in [0.05, 0.1) is 20.2 Å². The number of likely N-dealkylation sites (N-methyl/N-ethyl adjacent to an activating group) is 1. The van der Waals surface area contributed by atoms with E-state index in [1.165, 1.54) is 0 Å². The second kappa shape index (κ2) is 14.2. The van der Waals surface area contributed by atoms with Gasteiger partial charge >= 0.3 is 0 Å². The Hall–Kier alpha value is -1.22. The van der Waals surface area contributed by atoms with Crippen LogP contribution in [0.5, 0.6) is 11.5 Å². The van der Waals surface area contributed by atoms with E-state index in [0.29, 0.717) is 13.2 Å². The molecule has 24 heavy (non-hydrogen) atoms. The van der Waals surface area contributed by atoms with Crippen LogP contribution in [0, 0.1) is 0 Å². The summed E-state index contributed by atoms with van der Waals surface area (Å²) in [5, 5.41) is 6.51. The summed E-state index contributed by atoms with van der Waals surface area (Å²) in [4.78, 5) is 6.79. The van der Waals surface area contributed by atoms with Gasteiger partial charge in [0.1, 0.15) is 18.1 Å². The Balaban J connectivity index is 0.00000529. The molecule has 0 heterocycles. The Morgan fingerprint density at radius 3 is 2.38 bits per heavy atom. The minimum atomic E-state index is 0. The van der Waals surface area contributed by atoms with Crippen molar-refractivity contribution in [1.82, 2.24) is 15.5 Å². The second-order valence-electron chi connectivity index (χ2n) is 5.11. The Morgan fingerprint density at radius 1 is 1.12 bits per heavy atom. The van der Waals surface area contributed by atoms with Crippen LogP contribution < -0.4 is 20.1 Å². The molecule has 0 unspecified atom stereocenters. The van der Waals surface area contributed by atoms with Gasteiger partial charge < -0.3 is 25.0 Å². The van der Waals surface area contributed by atoms with Crippen LogP contribution in [0.2, 0.25) is 0 Å². The summed E-state index contributed by atoms with van der Waals surface area (Å²) in [6, 6.07) is 7.58. The van der Waals surface area contributed by atoms with Crippen LogP contribution in [-0.2, 0) is 0 Å². The number of guanidine groups is 1. The molecule has 0 bridgehead atoms. The van der Waals surface area contributed by atoms with Crippen molar-refractivity contribution in [2.45, 2.75) is 13.8 Å². The van der Waals surface area contributed by atoms with Crippen LogP contribution in [0.3, 0.4) is 0 Å². The lowest BCUT2D eigenvalue weighted by atomic mass is 10.3. The van der Waals surface area contributed by atoms with Crippen molar-refractivity contribution in [3.63, 3.8) is 0 Å². The molecule has 0 aliphatic heterocycles. The third-order valence-corrected chi connectivity index (χ3v) is 3.36. The summed E-state index contributed by atoms with van der Waals surface area (Å²) in [7, 11) is 3.75. The maximum absolute atomic E-state index is 5.69. The summed E-state index contributed by atoms with van der Waals surface area (Å²) >= 11 is 0. The number of aliphatic imine (C=N–C) groups is 1. The van der Waals surface area contributed by atoms with Crippen LogP contribution in [0.4, 0.5) is 0 Å². The maximum Gasteiger partial charge on any atom is 0.191 e. The topological polar surface area (TPSA) is 58.1 Å². The molecule has 0 spiro atoms. The van der Waals surface area contributed by atoms with Crippen LogP contribution >= 0.6 is 24.0 Å². The zero-order chi connectivity index (χ0) is 16.9. The molecular weight excluding hydrogens is 419 g/mol. The first-order chi connectivity index (χ1) is 11.2. The molecule has 0 radical (unpaired) electrons. The van der Waals surface area contributed by atoms with E-state index in [2.05, 4.69) is 41.4 Å². The Bertz CT molecular complexity index is 454. The molecule has 1 aromatic rings. The molecule has 6 nitrogen and oxygen atoms in total. The van der Waals surface area contributed by atoms with E-state index in [4.69, 9.17) is 9.47 Å². The van der Waals surface area contributed by atoms with Crippen LogP contribution in [0.15, 0.2) is 29.3 Å². The molecule has 7 heteroatoms. The number of methoxy groups -OCH3 is 1. The molecule has 0 atom stereocenters. The highest BCUT2D eigenvalue weighted by Gasteiger charge is 1.99. The average molecular weight is 450 g/mol. The lowest BCUT2D eigenvalue weighted by Gasteiger charge is -2.14. The molecule has 0 saturated carbocycles. The number of hydrogen-bond acceptors (Lipinski definition) is 4. The minimum absolute atomic E-state index is 0. The van der Waals surface area contributed by atoms with Gasteiger partial charge in [-0.05, 0) is 44.8 Å². The normalized spacial score (nSPS) is 11.0. The standard InChI is InChI=1S/C17H30N4O2.HI/c1-5-18-17(19-11-13-21(3)6-2)20-12-14-23-16-9-7-15(22-4)8-10-16;/h7-10H,5-6,11-14H2,1-4H3,(H2,18,19,20);1H. The summed E-state index contributed by atoms with van der Waals surface area (Å²) < 4.78 is 10.8. The fourth-order valence-corrected chi connectivity index (χ4v) is 1.84. The zero-order valence-corrected chi connectivity index (χ0v) is 17.5. The van der Waals surface area contributed by atoms with Crippen molar-refractivity contribution < 1.29 is 9.47 Å². The van der Waals surface area contributed by atoms with Gasteiger partial charge in [0.15, 0.2) is 5.96 Å². The van der Waals surface area contributed by atoms with E-state index >= 15 is 0 Å². The number of nitrogens with zero attached hydrogens (tertiary/aromatic N) is 2. The second-order valence-corrected chi connectivity index (χ2v) is 5.11. The summed E-state index contributed by atoms with van der Waals surface area (Å²) in [5.41, 5.74) is 0. The van der Waals surface area contributed by atoms with Crippen molar-refractivity contribution >= 4 is 29.9 Å². The highest BCUT2D eigenvalue weighted by atomic mass is 127. The lowest BCUT2D eigenvalue weighted by Crippen LogP contribution is -2.39. The smallest absolute Gasteiger partial charge is 0.191 e. The molecule has 2 N–H and O–H groups in total. The SMILES string of the molecule is CCNC(=NCCN(C)CC)NCCOc1ccc(OC)cc1.I. The predicted octanol–water partition coefficient (Wildman–Crippen LogP) is 2.20. The first-order valence-electron chi connectivity index (χ1n) is 8.17. The molecule has 1 aromatic carbocycles. The van der Waals surface area contributed by atoms with Crippen LogP contribution in [-0.4, -0.2) is 64.3 Å². The van der Waals surface area contributed by atoms with Crippen molar-refractivity contribution in [3.8, 4) is 11.5 Å². The van der Waals surface area contributed by atoms with Crippen LogP contribution in [0.1, 0.15) is 13.8 Å². The fraction of sp³-hybridized carbons (Fsp3) is 0.588. The van der Waals surface area contributed by atoms with Gasteiger partial charge in [0.2, 0.25) is 0 Å². The van der Waals surface area contributed by atoms with Gasteiger partial charge in [-0.25, -0.2) is 0 Å². The molecule has 0 aliphatic rings. The zero-order valence-electron chi connectivity index (χ0n) is 15.2. The molecule has 0 fully saturated rings. The van der Waals surface area contributed by atoms with E-state index in [1.54, 1.807) is 7.11 Å². The number of ether oxygens (including phenoxy) is 2. The number of nitrogens with one attached hydrogen (secondary N) is 2. The molecule has 138 valence electrons. The molecule has 0 aliphatic carbocycles. The Labute approximate surface area is 163 Å². The first kappa shape index (κ1) is 22.8. The van der Waals surface area contributed by atoms with Crippen molar-refractivity contribution in [3.05, 3.63) is 24.3 Å². The highest BCUT2D eigenvalue weighted by molar-refractivity contribution is 14.0. The summed E-state index contributed by atoms with van der Waals surface area (Å²) in [6.07, 6.45) is 0. The monoisotopic (exact) mass is 450 g/mol. The predicted molar refractivity (Wildman–Crippen MR) is 111 cm³/mol. The fourth-order valence-electron chi connectivity index (χ4n) is 1.84. The van der Waals surface area contributed by atoms with E-state index in [9.17, 15) is 0 Å². The van der Waals surface area contributed by atoms with Gasteiger partial charge in [0, 0.05) is 13.1 Å². The minimum Gasteiger partial charge on any atom is -0.497 e. The molecule has 0 saturated heterocycles. The van der Waals surface area contributed by atoms with Gasteiger partial charge in [0.25, 0.3) is 0 Å². The van der Waals surface area contributed by atoms with Crippen molar-refractivity contribution in [1.29, 1.82) is 0 Å². The van der Waals surface area contributed by atoms with Gasteiger partial charge in [-0.1, -0.05) is 6.92 Å². The third kappa shape index (κ3) is 9.82. The third-order valence-electron chi connectivity index (χ3n) is 3.36. The molecule has 0 amide bonds. The maximum atomic E-state index is 5.69. The molecule has 0 aromatic heterocycles. The van der Waals surface area contributed by atoms with E-state index in [0.717, 1.165) is 43.6 Å². The average Bonchev–Trinajstić information content (AvgIpc) is 2.58. The van der Waals surface area contributed by atoms with Crippen molar-refractivity contribution in [2.75, 3.05) is 53.5 Å². The number of benzene rings is 1. The molecule has 1 rings (SSSR count). The number of rotatable bonds is 10.